The summed E-state index contributed by atoms with van der Waals surface area (Å²) < 4.78 is 0. The Kier molecular flexibility index (Phi) is 4.67. The van der Waals surface area contributed by atoms with E-state index >= 15 is 0 Å². The zero-order valence-corrected chi connectivity index (χ0v) is 13.2. The van der Waals surface area contributed by atoms with Crippen molar-refractivity contribution in [2.45, 2.75) is 0 Å². The Labute approximate surface area is 144 Å². The first-order valence-corrected chi connectivity index (χ1v) is 7.62. The summed E-state index contributed by atoms with van der Waals surface area (Å²) in [6.45, 7) is 0.547. The third-order valence-electron chi connectivity index (χ3n) is 3.63. The molecule has 0 spiro atoms. The molecule has 0 saturated heterocycles. The highest BCUT2D eigenvalue weighted by molar-refractivity contribution is 5.88. The molecule has 1 heterocycles. The van der Waals surface area contributed by atoms with Crippen LogP contribution in [0.5, 0.6) is 0 Å². The van der Waals surface area contributed by atoms with Crippen molar-refractivity contribution < 1.29 is 4.92 Å². The van der Waals surface area contributed by atoms with Crippen LogP contribution in [-0.4, -0.2) is 16.5 Å². The Morgan fingerprint density at radius 1 is 1.20 bits per heavy atom. The van der Waals surface area contributed by atoms with E-state index in [-0.39, 0.29) is 5.69 Å². The van der Waals surface area contributed by atoms with Crippen molar-refractivity contribution in [2.24, 2.45) is 0 Å². The molecule has 0 atom stereocenters. The molecule has 0 amide bonds. The molecule has 2 aromatic carbocycles. The molecular formula is C19H14N4O2. The van der Waals surface area contributed by atoms with Gasteiger partial charge in [0.15, 0.2) is 0 Å². The lowest BCUT2D eigenvalue weighted by Crippen LogP contribution is -2.01. The highest BCUT2D eigenvalue weighted by Gasteiger charge is 2.11. The number of nitrogens with one attached hydrogen (secondary N) is 1. The third-order valence-corrected chi connectivity index (χ3v) is 3.63. The van der Waals surface area contributed by atoms with Gasteiger partial charge < -0.3 is 5.32 Å². The second kappa shape index (κ2) is 7.23. The van der Waals surface area contributed by atoms with E-state index in [0.717, 1.165) is 5.56 Å². The molecule has 0 fully saturated rings. The number of nitriles is 1. The van der Waals surface area contributed by atoms with Gasteiger partial charge in [-0.05, 0) is 17.7 Å². The van der Waals surface area contributed by atoms with Crippen LogP contribution in [0, 0.1) is 21.4 Å². The smallest absolute Gasteiger partial charge is 0.270 e. The van der Waals surface area contributed by atoms with Crippen molar-refractivity contribution in [1.82, 2.24) is 4.98 Å². The molecule has 0 unspecified atom stereocenters. The number of nitro benzene ring substituents is 1. The van der Waals surface area contributed by atoms with Crippen LogP contribution in [0.15, 0.2) is 60.7 Å². The van der Waals surface area contributed by atoms with Crippen LogP contribution in [0.4, 0.5) is 11.5 Å². The summed E-state index contributed by atoms with van der Waals surface area (Å²) in [7, 11) is 0. The largest absolute Gasteiger partial charge is 0.367 e. The van der Waals surface area contributed by atoms with E-state index in [1.807, 2.05) is 42.5 Å². The van der Waals surface area contributed by atoms with Crippen LogP contribution < -0.4 is 5.32 Å². The van der Waals surface area contributed by atoms with E-state index in [9.17, 15) is 15.4 Å². The lowest BCUT2D eigenvalue weighted by molar-refractivity contribution is -0.384. The number of benzene rings is 2. The van der Waals surface area contributed by atoms with E-state index in [4.69, 9.17) is 0 Å². The van der Waals surface area contributed by atoms with Crippen molar-refractivity contribution in [2.75, 3.05) is 11.9 Å². The van der Waals surface area contributed by atoms with Gasteiger partial charge >= 0.3 is 0 Å². The van der Waals surface area contributed by atoms with Crippen molar-refractivity contribution in [3.05, 3.63) is 81.9 Å². The Morgan fingerprint density at radius 3 is 2.72 bits per heavy atom. The molecule has 3 aromatic rings. The summed E-state index contributed by atoms with van der Waals surface area (Å²) in [5.74, 6) is 0.551. The average Bonchev–Trinajstić information content (AvgIpc) is 2.65. The number of nitro groups is 1. The van der Waals surface area contributed by atoms with Crippen LogP contribution in [0.3, 0.4) is 0 Å². The second-order valence-corrected chi connectivity index (χ2v) is 5.32. The standard InChI is InChI=1S/C19H14N4O2/c20-13-15-11-19(21-10-4-7-14-5-2-1-3-6-14)22-18-9-8-16(23(24)25)12-17(15)18/h1-9,11-12H,10H2,(H,21,22)/b7-4+. The lowest BCUT2D eigenvalue weighted by atomic mass is 10.1. The van der Waals surface area contributed by atoms with Crippen LogP contribution in [0.25, 0.3) is 17.0 Å². The normalized spacial score (nSPS) is 10.7. The van der Waals surface area contributed by atoms with Gasteiger partial charge in [-0.2, -0.15) is 5.26 Å². The molecule has 0 bridgehead atoms. The van der Waals surface area contributed by atoms with Crippen LogP contribution >= 0.6 is 0 Å². The Hall–Kier alpha value is -3.72. The molecular weight excluding hydrogens is 316 g/mol. The van der Waals surface area contributed by atoms with Gasteiger partial charge in [0.2, 0.25) is 0 Å². The van der Waals surface area contributed by atoms with Gasteiger partial charge in [-0.1, -0.05) is 42.5 Å². The summed E-state index contributed by atoms with van der Waals surface area (Å²) in [6.07, 6.45) is 3.95. The molecule has 0 aliphatic heterocycles. The number of anilines is 1. The summed E-state index contributed by atoms with van der Waals surface area (Å²) in [5.41, 5.74) is 1.93. The number of pyridine rings is 1. The zero-order chi connectivity index (χ0) is 17.6. The van der Waals surface area contributed by atoms with Crippen molar-refractivity contribution in [3.63, 3.8) is 0 Å². The number of fused-ring (bicyclic) bond motifs is 1. The minimum absolute atomic E-state index is 0.0581. The lowest BCUT2D eigenvalue weighted by Gasteiger charge is -2.06. The first-order valence-electron chi connectivity index (χ1n) is 7.62. The quantitative estimate of drug-likeness (QED) is 0.560. The molecule has 3 rings (SSSR count). The first kappa shape index (κ1) is 16.1. The van der Waals surface area contributed by atoms with Gasteiger partial charge in [-0.3, -0.25) is 10.1 Å². The molecule has 0 aliphatic rings. The van der Waals surface area contributed by atoms with Crippen LogP contribution in [0.1, 0.15) is 11.1 Å². The number of rotatable bonds is 5. The minimum Gasteiger partial charge on any atom is -0.367 e. The first-order chi connectivity index (χ1) is 12.2. The maximum atomic E-state index is 10.9. The van der Waals surface area contributed by atoms with Crippen LogP contribution in [-0.2, 0) is 0 Å². The van der Waals surface area contributed by atoms with Crippen molar-refractivity contribution in [1.29, 1.82) is 5.26 Å². The SMILES string of the molecule is N#Cc1cc(NC/C=C/c2ccccc2)nc2ccc([N+](=O)[O-])cc12. The number of aromatic nitrogens is 1. The summed E-state index contributed by atoms with van der Waals surface area (Å²) in [4.78, 5) is 14.8. The maximum Gasteiger partial charge on any atom is 0.270 e. The van der Waals surface area contributed by atoms with E-state index in [0.29, 0.717) is 28.8 Å². The van der Waals surface area contributed by atoms with Gasteiger partial charge in [-0.15, -0.1) is 0 Å². The number of non-ortho nitro benzene ring substituents is 1. The van der Waals surface area contributed by atoms with Gasteiger partial charge in [0.1, 0.15) is 5.82 Å². The predicted octanol–water partition coefficient (Wildman–Crippen LogP) is 4.14. The summed E-state index contributed by atoms with van der Waals surface area (Å²) in [5, 5.41) is 23.8. The Bertz CT molecular complexity index is 991. The van der Waals surface area contributed by atoms with E-state index in [1.54, 1.807) is 12.1 Å². The Morgan fingerprint density at radius 2 is 2.00 bits per heavy atom. The molecule has 122 valence electrons. The molecule has 1 aromatic heterocycles. The van der Waals surface area contributed by atoms with Gasteiger partial charge in [0.25, 0.3) is 5.69 Å². The van der Waals surface area contributed by atoms with E-state index < -0.39 is 4.92 Å². The maximum absolute atomic E-state index is 10.9. The second-order valence-electron chi connectivity index (χ2n) is 5.32. The fourth-order valence-corrected chi connectivity index (χ4v) is 2.43. The minimum atomic E-state index is -0.485. The predicted molar refractivity (Wildman–Crippen MR) is 97.1 cm³/mol. The molecule has 0 saturated carbocycles. The number of nitrogens with zero attached hydrogens (tertiary/aromatic N) is 3. The number of hydrogen-bond acceptors (Lipinski definition) is 5. The van der Waals surface area contributed by atoms with Crippen molar-refractivity contribution in [3.8, 4) is 6.07 Å². The Balaban J connectivity index is 1.80. The van der Waals surface area contributed by atoms with Gasteiger partial charge in [-0.25, -0.2) is 4.98 Å². The van der Waals surface area contributed by atoms with Crippen molar-refractivity contribution >= 4 is 28.5 Å². The highest BCUT2D eigenvalue weighted by Crippen LogP contribution is 2.24. The summed E-state index contributed by atoms with van der Waals surface area (Å²) in [6, 6.07) is 17.9. The number of hydrogen-bond donors (Lipinski definition) is 1. The van der Waals surface area contributed by atoms with E-state index in [2.05, 4.69) is 16.4 Å². The molecule has 0 radical (unpaired) electrons. The average molecular weight is 330 g/mol. The molecule has 1 N–H and O–H groups in total. The molecule has 6 nitrogen and oxygen atoms in total. The monoisotopic (exact) mass is 330 g/mol. The summed E-state index contributed by atoms with van der Waals surface area (Å²) >= 11 is 0. The fourth-order valence-electron chi connectivity index (χ4n) is 2.43. The molecule has 0 aliphatic carbocycles. The third kappa shape index (κ3) is 3.79. The molecule has 25 heavy (non-hydrogen) atoms. The topological polar surface area (TPSA) is 91.8 Å². The van der Waals surface area contributed by atoms with Gasteiger partial charge in [0, 0.05) is 24.1 Å². The molecule has 6 heteroatoms. The van der Waals surface area contributed by atoms with E-state index in [1.165, 1.54) is 12.1 Å². The fraction of sp³-hybridized carbons (Fsp3) is 0.0526. The highest BCUT2D eigenvalue weighted by atomic mass is 16.6. The van der Waals surface area contributed by atoms with Gasteiger partial charge in [0.05, 0.1) is 22.1 Å². The zero-order valence-electron chi connectivity index (χ0n) is 13.2. The van der Waals surface area contributed by atoms with Crippen LogP contribution in [0.2, 0.25) is 0 Å².